The van der Waals surface area contributed by atoms with Gasteiger partial charge >= 0.3 is 0 Å². The number of nitrogens with zero attached hydrogens (tertiary/aromatic N) is 12. The van der Waals surface area contributed by atoms with Crippen LogP contribution in [0.25, 0.3) is 199 Å². The highest BCUT2D eigenvalue weighted by atomic mass is 32.1. The van der Waals surface area contributed by atoms with Crippen molar-refractivity contribution in [3.8, 4) is 159 Å². The molecule has 0 fully saturated rings. The van der Waals surface area contributed by atoms with E-state index in [1.54, 1.807) is 0 Å². The van der Waals surface area contributed by atoms with E-state index in [0.717, 1.165) is 77.9 Å². The van der Waals surface area contributed by atoms with Crippen LogP contribution in [-0.4, -0.2) is 59.8 Å². The summed E-state index contributed by atoms with van der Waals surface area (Å²) in [4.78, 5) is 61.9. The molecule has 30 rings (SSSR count). The van der Waals surface area contributed by atoms with Gasteiger partial charge in [0.1, 0.15) is 0 Å². The molecule has 0 N–H and O–H groups in total. The van der Waals surface area contributed by atoms with Crippen LogP contribution in [0, 0.1) is 0 Å². The van der Waals surface area contributed by atoms with Crippen molar-refractivity contribution >= 4 is 63.0 Å². The average molecular weight is 1800 g/mol. The number of fused-ring (bicyclic) bond motifs is 6. The number of aromatic nitrogens is 12. The minimum absolute atomic E-state index is 0.0146. The van der Waals surface area contributed by atoms with Gasteiger partial charge in [-0.15, -0.1) is 22.7 Å². The van der Waals surface area contributed by atoms with Crippen molar-refractivity contribution < 1.29 is 0 Å². The summed E-state index contributed by atoms with van der Waals surface area (Å²) in [7, 11) is 0. The van der Waals surface area contributed by atoms with Gasteiger partial charge in [0.15, 0.2) is 69.9 Å². The van der Waals surface area contributed by atoms with E-state index < -0.39 is 0 Å². The Kier molecular flexibility index (Phi) is 19.3. The number of rotatable bonds is 14. The van der Waals surface area contributed by atoms with Gasteiger partial charge in [-0.2, -0.15) is 0 Å². The highest BCUT2D eigenvalue weighted by molar-refractivity contribution is 7.26. The number of hydrogen-bond acceptors (Lipinski definition) is 14. The Hall–Kier alpha value is -17.6. The second-order valence-corrected chi connectivity index (χ2v) is 37.6. The van der Waals surface area contributed by atoms with Crippen molar-refractivity contribution in [1.82, 2.24) is 59.8 Å². The molecule has 138 heavy (non-hydrogen) atoms. The first-order valence-corrected chi connectivity index (χ1v) is 48.1. The van der Waals surface area contributed by atoms with Crippen molar-refractivity contribution in [2.45, 2.75) is 23.7 Å². The zero-order valence-electron chi connectivity index (χ0n) is 74.1. The van der Waals surface area contributed by atoms with Gasteiger partial charge < -0.3 is 0 Å². The molecule has 14 heteroatoms. The lowest BCUT2D eigenvalue weighted by atomic mass is 9.61. The lowest BCUT2D eigenvalue weighted by Gasteiger charge is -2.42. The van der Waals surface area contributed by atoms with Gasteiger partial charge in [0.25, 0.3) is 0 Å². The number of hydrogen-bond donors (Lipinski definition) is 0. The molecule has 12 nitrogen and oxygen atoms in total. The van der Waals surface area contributed by atoms with Crippen molar-refractivity contribution in [2.75, 3.05) is 0 Å². The Morgan fingerprint density at radius 2 is 0.348 bits per heavy atom. The fourth-order valence-corrected chi connectivity index (χ4v) is 23.7. The number of thiophene rings is 2. The summed E-state index contributed by atoms with van der Waals surface area (Å²) in [6, 6.07) is 154. The lowest BCUT2D eigenvalue weighted by molar-refractivity contribution is 0.754. The first-order valence-electron chi connectivity index (χ1n) is 46.5. The Morgan fingerprint density at radius 1 is 0.130 bits per heavy atom. The van der Waals surface area contributed by atoms with Gasteiger partial charge in [-0.1, -0.05) is 394 Å². The molecule has 4 atom stereocenters. The van der Waals surface area contributed by atoms with Crippen molar-refractivity contribution in [2.24, 2.45) is 0 Å². The van der Waals surface area contributed by atoms with E-state index in [1.165, 1.54) is 118 Å². The summed E-state index contributed by atoms with van der Waals surface area (Å²) in [5, 5.41) is 5.09. The molecule has 18 aromatic carbocycles. The van der Waals surface area contributed by atoms with Crippen molar-refractivity contribution in [3.63, 3.8) is 0 Å². The quantitative estimate of drug-likeness (QED) is 0.102. The maximum absolute atomic E-state index is 5.37. The van der Waals surface area contributed by atoms with Gasteiger partial charge in [-0.25, -0.2) is 59.8 Å². The smallest absolute Gasteiger partial charge is 0.164 e. The predicted molar refractivity (Wildman–Crippen MR) is 558 cm³/mol. The molecular weight excluding hydrogens is 1720 g/mol. The molecule has 0 radical (unpaired) electrons. The summed E-state index contributed by atoms with van der Waals surface area (Å²) in [6.07, 6.45) is 0. The molecule has 4 bridgehead atoms. The zero-order chi connectivity index (χ0) is 90.8. The van der Waals surface area contributed by atoms with E-state index >= 15 is 0 Å². The van der Waals surface area contributed by atoms with Gasteiger partial charge in [0.2, 0.25) is 0 Å². The Balaban J connectivity index is 0.000000139. The lowest BCUT2D eigenvalue weighted by Crippen LogP contribution is -2.27. The third-order valence-electron chi connectivity index (χ3n) is 27.5. The average Bonchev–Trinajstić information content (AvgIpc) is 0.873. The summed E-state index contributed by atoms with van der Waals surface area (Å²) in [5.41, 5.74) is 31.6. The summed E-state index contributed by atoms with van der Waals surface area (Å²) < 4.78 is 5.09. The van der Waals surface area contributed by atoms with Crippen molar-refractivity contribution in [3.05, 3.63) is 504 Å². The van der Waals surface area contributed by atoms with Crippen LogP contribution in [-0.2, 0) is 0 Å². The standard InChI is InChI=1S/2C62H38N6S/c1-4-17-37(18-5-1)57-63-58(38-19-6-2-7-20-38)65-60(64-57)40-31-33-46-51(35-40)54-44-25-11-12-26-45(44)55(46)52-36-41(32-34-47(52)54)61-66-59(39-21-8-3-9-22-39)67-62(68-61)50-27-13-10-23-42(50)48-28-16-29-49-43-24-14-15-30-53(43)69-56(48)49;1-4-16-37(17-5-1)57-63-58(38-18-6-2-7-19-38)66-61(65-57)42-30-32-48-51(35-42)54-46-25-10-11-26-47(46)55(48)52-36-43(31-33-49(52)54)62-67-59(39-20-8-3-9-21-39)64-60(68-62)41-23-14-22-40(34-41)44-27-15-28-50-45-24-12-13-29-53(45)69-56(44)50/h2*1-36,54-55H. The van der Waals surface area contributed by atoms with Crippen LogP contribution in [0.4, 0.5) is 0 Å². The summed E-state index contributed by atoms with van der Waals surface area (Å²) in [5.74, 6) is 7.80. The Morgan fingerprint density at radius 3 is 0.681 bits per heavy atom. The SMILES string of the molecule is c1ccc(-c2nc(-c3ccccc3)nc(-c3ccc4c(c3)C3c5ccccc5C4c4cc(-c5nc(-c6ccccc6)nc(-c6cccc(-c7cccc8c7sc7ccccc78)c6)n5)ccc43)n2)cc1.c1ccc(-c2nc(-c3ccccc3)nc(-c3ccc4c(c3)C3c5ccccc5C4c4cc(-c5nc(-c6ccccc6)nc(-c6ccccc6-c6cccc7c6sc6ccccc67)n5)ccc43)n2)cc1. The molecule has 24 aromatic rings. The van der Waals surface area contributed by atoms with Gasteiger partial charge in [-0.05, 0) is 126 Å². The highest BCUT2D eigenvalue weighted by Crippen LogP contribution is 2.59. The van der Waals surface area contributed by atoms with Gasteiger partial charge in [0.05, 0.1) is 0 Å². The number of benzene rings is 18. The first-order chi connectivity index (χ1) is 68.4. The normalized spacial score (nSPS) is 14.4. The van der Waals surface area contributed by atoms with Gasteiger partial charge in [-0.3, -0.25) is 0 Å². The molecule has 6 aliphatic carbocycles. The van der Waals surface area contributed by atoms with Crippen LogP contribution < -0.4 is 0 Å². The highest BCUT2D eigenvalue weighted by Gasteiger charge is 2.44. The first kappa shape index (κ1) is 80.1. The topological polar surface area (TPSA) is 155 Å². The van der Waals surface area contributed by atoms with Crippen LogP contribution in [0.1, 0.15) is 90.4 Å². The van der Waals surface area contributed by atoms with E-state index in [-0.39, 0.29) is 23.7 Å². The Labute approximate surface area is 803 Å². The van der Waals surface area contributed by atoms with Gasteiger partial charge in [0, 0.05) is 136 Å². The van der Waals surface area contributed by atoms with E-state index in [1.807, 2.05) is 132 Å². The second kappa shape index (κ2) is 33.3. The fraction of sp³-hybridized carbons (Fsp3) is 0.0323. The molecule has 0 saturated heterocycles. The maximum atomic E-state index is 5.37. The molecular formula is C124H76N12S2. The molecule has 0 aliphatic heterocycles. The molecule has 0 amide bonds. The van der Waals surface area contributed by atoms with Crippen LogP contribution in [0.15, 0.2) is 437 Å². The minimum atomic E-state index is 0.0146. The minimum Gasteiger partial charge on any atom is -0.208 e. The molecule has 0 saturated carbocycles. The van der Waals surface area contributed by atoms with E-state index in [4.69, 9.17) is 59.8 Å². The molecule has 6 aliphatic rings. The third kappa shape index (κ3) is 13.8. The summed E-state index contributed by atoms with van der Waals surface area (Å²) in [6.45, 7) is 0. The van der Waals surface area contributed by atoms with Crippen LogP contribution in [0.5, 0.6) is 0 Å². The van der Waals surface area contributed by atoms with Crippen LogP contribution in [0.3, 0.4) is 0 Å². The monoisotopic (exact) mass is 1800 g/mol. The van der Waals surface area contributed by atoms with Crippen molar-refractivity contribution in [1.29, 1.82) is 0 Å². The van der Waals surface area contributed by atoms with Crippen LogP contribution in [0.2, 0.25) is 0 Å². The molecule has 4 unspecified atom stereocenters. The second-order valence-electron chi connectivity index (χ2n) is 35.5. The molecule has 644 valence electrons. The van der Waals surface area contributed by atoms with E-state index in [9.17, 15) is 0 Å². The molecule has 6 heterocycles. The predicted octanol–water partition coefficient (Wildman–Crippen LogP) is 30.2. The Bertz CT molecular complexity index is 8880. The van der Waals surface area contributed by atoms with E-state index in [0.29, 0.717) is 69.9 Å². The maximum Gasteiger partial charge on any atom is 0.164 e. The zero-order valence-corrected chi connectivity index (χ0v) is 75.7. The largest absolute Gasteiger partial charge is 0.208 e. The molecule has 0 spiro atoms. The third-order valence-corrected chi connectivity index (χ3v) is 30.0. The van der Waals surface area contributed by atoms with E-state index in [2.05, 4.69) is 328 Å². The van der Waals surface area contributed by atoms with Crippen LogP contribution >= 0.6 is 22.7 Å². The molecule has 6 aromatic heterocycles. The fourth-order valence-electron chi connectivity index (χ4n) is 21.2. The summed E-state index contributed by atoms with van der Waals surface area (Å²) >= 11 is 3.67.